The normalized spacial score (nSPS) is 14.7. The van der Waals surface area contributed by atoms with E-state index in [0.29, 0.717) is 6.42 Å². The lowest BCUT2D eigenvalue weighted by Crippen LogP contribution is -2.30. The van der Waals surface area contributed by atoms with Gasteiger partial charge in [0.2, 0.25) is 17.5 Å². The largest absolute Gasteiger partial charge is 0.494 e. The summed E-state index contributed by atoms with van der Waals surface area (Å²) in [7, 11) is 2.61. The number of rotatable bonds is 6. The summed E-state index contributed by atoms with van der Waals surface area (Å²) in [6, 6.07) is 0. The first-order valence-corrected chi connectivity index (χ1v) is 6.33. The highest BCUT2D eigenvalue weighted by Gasteiger charge is 2.29. The van der Waals surface area contributed by atoms with E-state index in [-0.39, 0.29) is 35.8 Å². The second-order valence-corrected chi connectivity index (χ2v) is 4.37. The minimum absolute atomic E-state index is 0.123. The summed E-state index contributed by atoms with van der Waals surface area (Å²) in [6.07, 6.45) is 1.67. The Labute approximate surface area is 122 Å². The summed E-state index contributed by atoms with van der Waals surface area (Å²) in [5, 5.41) is 2.45. The van der Waals surface area contributed by atoms with Gasteiger partial charge < -0.3 is 14.8 Å². The minimum Gasteiger partial charge on any atom is -0.494 e. The Balaban J connectivity index is 2.97. The molecule has 0 spiro atoms. The van der Waals surface area contributed by atoms with Crippen LogP contribution in [0.5, 0.6) is 0 Å². The predicted octanol–water partition coefficient (Wildman–Crippen LogP) is 0.402. The third-order valence-corrected chi connectivity index (χ3v) is 2.84. The van der Waals surface area contributed by atoms with E-state index in [1.54, 1.807) is 0 Å². The van der Waals surface area contributed by atoms with Crippen molar-refractivity contribution in [1.82, 2.24) is 5.32 Å². The molecule has 1 rings (SSSR count). The first-order valence-electron chi connectivity index (χ1n) is 6.33. The number of hydrogen-bond acceptors (Lipinski definition) is 6. The van der Waals surface area contributed by atoms with Gasteiger partial charge in [-0.05, 0) is 12.8 Å². The maximum Gasteiger partial charge on any atom is 0.305 e. The first-order chi connectivity index (χ1) is 9.90. The number of hydrogen-bond donors (Lipinski definition) is 1. The molecule has 21 heavy (non-hydrogen) atoms. The smallest absolute Gasteiger partial charge is 0.305 e. The lowest BCUT2D eigenvalue weighted by Gasteiger charge is -2.19. The van der Waals surface area contributed by atoms with Gasteiger partial charge in [0, 0.05) is 25.0 Å². The van der Waals surface area contributed by atoms with Gasteiger partial charge >= 0.3 is 5.97 Å². The van der Waals surface area contributed by atoms with Crippen molar-refractivity contribution in [2.24, 2.45) is 0 Å². The van der Waals surface area contributed by atoms with E-state index < -0.39 is 17.5 Å². The fourth-order valence-corrected chi connectivity index (χ4v) is 1.93. The van der Waals surface area contributed by atoms with Crippen LogP contribution in [0.2, 0.25) is 0 Å². The van der Waals surface area contributed by atoms with Gasteiger partial charge in [-0.3, -0.25) is 19.2 Å². The molecule has 1 amide bonds. The quantitative estimate of drug-likeness (QED) is 0.433. The highest BCUT2D eigenvalue weighted by atomic mass is 16.5. The molecule has 1 aliphatic carbocycles. The highest BCUT2D eigenvalue weighted by molar-refractivity contribution is 6.48. The third-order valence-electron chi connectivity index (χ3n) is 2.84. The second-order valence-electron chi connectivity index (χ2n) is 4.37. The number of carbonyl (C=O) groups is 4. The zero-order chi connectivity index (χ0) is 16.0. The fraction of sp³-hybridized carbons (Fsp3) is 0.429. The molecule has 0 radical (unpaired) electrons. The molecule has 0 heterocycles. The number of nitrogens with one attached hydrogen (secondary N) is 1. The van der Waals surface area contributed by atoms with Crippen molar-refractivity contribution in [3.05, 3.63) is 23.1 Å². The van der Waals surface area contributed by atoms with Crippen molar-refractivity contribution >= 4 is 23.4 Å². The van der Waals surface area contributed by atoms with E-state index in [1.807, 2.05) is 0 Å². The Kier molecular flexibility index (Phi) is 5.83. The molecular weight excluding hydrogens is 278 g/mol. The number of methoxy groups -OCH3 is 2. The van der Waals surface area contributed by atoms with Gasteiger partial charge in [0.15, 0.2) is 0 Å². The minimum atomic E-state index is -0.729. The summed E-state index contributed by atoms with van der Waals surface area (Å²) < 4.78 is 9.64. The number of Topliss-reactive ketones (excluding diaryl/α,β-unsaturated/α-hetero) is 1. The molecular formula is C14H17NO6. The Bertz CT molecular complexity index is 544. The molecule has 0 aliphatic heterocycles. The van der Waals surface area contributed by atoms with E-state index in [2.05, 4.69) is 10.1 Å². The SMILES string of the molecule is COC(=O)CCCC1=C(OC)C(NC(C)=O)=CC(=O)C1=O. The Morgan fingerprint density at radius 3 is 2.43 bits per heavy atom. The maximum absolute atomic E-state index is 11.9. The number of carbonyl (C=O) groups excluding carboxylic acids is 4. The Morgan fingerprint density at radius 1 is 1.24 bits per heavy atom. The van der Waals surface area contributed by atoms with Crippen LogP contribution in [0.15, 0.2) is 23.1 Å². The molecule has 1 aliphatic rings. The average molecular weight is 295 g/mol. The van der Waals surface area contributed by atoms with E-state index in [0.717, 1.165) is 6.08 Å². The molecule has 0 saturated heterocycles. The molecule has 0 saturated carbocycles. The maximum atomic E-state index is 11.9. The van der Waals surface area contributed by atoms with Gasteiger partial charge in [0.1, 0.15) is 5.76 Å². The zero-order valence-corrected chi connectivity index (χ0v) is 12.1. The molecule has 114 valence electrons. The van der Waals surface area contributed by atoms with Gasteiger partial charge in [-0.15, -0.1) is 0 Å². The molecule has 0 atom stereocenters. The van der Waals surface area contributed by atoms with Crippen molar-refractivity contribution in [2.45, 2.75) is 26.2 Å². The molecule has 7 nitrogen and oxygen atoms in total. The van der Waals surface area contributed by atoms with E-state index in [4.69, 9.17) is 4.74 Å². The summed E-state index contributed by atoms with van der Waals surface area (Å²) in [6.45, 7) is 1.28. The Morgan fingerprint density at radius 2 is 1.90 bits per heavy atom. The van der Waals surface area contributed by atoms with Gasteiger partial charge in [-0.2, -0.15) is 0 Å². The van der Waals surface area contributed by atoms with Gasteiger partial charge in [0.25, 0.3) is 0 Å². The van der Waals surface area contributed by atoms with Crippen molar-refractivity contribution in [3.8, 4) is 0 Å². The van der Waals surface area contributed by atoms with Crippen LogP contribution in [-0.4, -0.2) is 37.7 Å². The molecule has 0 aromatic rings. The lowest BCUT2D eigenvalue weighted by molar-refractivity contribution is -0.140. The van der Waals surface area contributed by atoms with E-state index >= 15 is 0 Å². The van der Waals surface area contributed by atoms with Crippen LogP contribution >= 0.6 is 0 Å². The number of ketones is 2. The zero-order valence-electron chi connectivity index (χ0n) is 12.1. The lowest BCUT2D eigenvalue weighted by atomic mass is 9.94. The third kappa shape index (κ3) is 4.27. The van der Waals surface area contributed by atoms with Crippen LogP contribution in [-0.2, 0) is 28.7 Å². The van der Waals surface area contributed by atoms with Crippen LogP contribution < -0.4 is 5.32 Å². The van der Waals surface area contributed by atoms with Crippen molar-refractivity contribution < 1.29 is 28.7 Å². The van der Waals surface area contributed by atoms with Gasteiger partial charge in [-0.1, -0.05) is 0 Å². The molecule has 0 aromatic carbocycles. The van der Waals surface area contributed by atoms with Crippen LogP contribution in [0.25, 0.3) is 0 Å². The number of allylic oxidation sites excluding steroid dienone is 2. The van der Waals surface area contributed by atoms with Crippen LogP contribution in [0, 0.1) is 0 Å². The van der Waals surface area contributed by atoms with Crippen LogP contribution in [0.4, 0.5) is 0 Å². The summed E-state index contributed by atoms with van der Waals surface area (Å²) in [5.41, 5.74) is 0.306. The summed E-state index contributed by atoms with van der Waals surface area (Å²) in [5.74, 6) is -2.05. The molecule has 7 heteroatoms. The molecule has 0 unspecified atom stereocenters. The summed E-state index contributed by atoms with van der Waals surface area (Å²) in [4.78, 5) is 45.8. The highest BCUT2D eigenvalue weighted by Crippen LogP contribution is 2.24. The molecule has 0 fully saturated rings. The van der Waals surface area contributed by atoms with Gasteiger partial charge in [0.05, 0.1) is 19.9 Å². The molecule has 0 bridgehead atoms. The fourth-order valence-electron chi connectivity index (χ4n) is 1.93. The Hall–Kier alpha value is -2.44. The summed E-state index contributed by atoms with van der Waals surface area (Å²) >= 11 is 0. The van der Waals surface area contributed by atoms with E-state index in [1.165, 1.54) is 21.1 Å². The van der Waals surface area contributed by atoms with E-state index in [9.17, 15) is 19.2 Å². The van der Waals surface area contributed by atoms with Crippen LogP contribution in [0.1, 0.15) is 26.2 Å². The van der Waals surface area contributed by atoms with Crippen LogP contribution in [0.3, 0.4) is 0 Å². The predicted molar refractivity (Wildman–Crippen MR) is 71.8 cm³/mol. The molecule has 1 N–H and O–H groups in total. The number of esters is 1. The monoisotopic (exact) mass is 295 g/mol. The number of ether oxygens (including phenoxy) is 2. The van der Waals surface area contributed by atoms with Gasteiger partial charge in [-0.25, -0.2) is 0 Å². The number of amides is 1. The van der Waals surface area contributed by atoms with Crippen molar-refractivity contribution in [2.75, 3.05) is 14.2 Å². The first kappa shape index (κ1) is 16.6. The topological polar surface area (TPSA) is 98.8 Å². The van der Waals surface area contributed by atoms with Crippen molar-refractivity contribution in [3.63, 3.8) is 0 Å². The standard InChI is InChI=1S/C14H17NO6/c1-8(16)15-10-7-11(17)13(19)9(14(10)21-3)5-4-6-12(18)20-2/h7H,4-6H2,1-3H3,(H,15,16). The van der Waals surface area contributed by atoms with Crippen molar-refractivity contribution in [1.29, 1.82) is 0 Å². The molecule has 0 aromatic heterocycles. The average Bonchev–Trinajstić information content (AvgIpc) is 2.43. The second kappa shape index (κ2) is 7.37.